The van der Waals surface area contributed by atoms with Gasteiger partial charge in [-0.15, -0.1) is 0 Å². The Balaban J connectivity index is 1.20. The average molecular weight is 637 g/mol. The number of imidazole rings is 1. The lowest BCUT2D eigenvalue weighted by Crippen LogP contribution is -2.32. The van der Waals surface area contributed by atoms with Crippen molar-refractivity contribution in [2.75, 3.05) is 11.4 Å². The number of nitrogens with two attached hydrogens (primary N) is 2. The maximum absolute atomic E-state index is 13.9. The predicted molar refractivity (Wildman–Crippen MR) is 194 cm³/mol. The summed E-state index contributed by atoms with van der Waals surface area (Å²) in [5.41, 5.74) is 18.5. The van der Waals surface area contributed by atoms with Gasteiger partial charge in [0.25, 0.3) is 0 Å². The van der Waals surface area contributed by atoms with Crippen LogP contribution >= 0.6 is 0 Å². The summed E-state index contributed by atoms with van der Waals surface area (Å²) in [5.74, 6) is 1.09. The zero-order valence-electron chi connectivity index (χ0n) is 27.0. The highest BCUT2D eigenvalue weighted by molar-refractivity contribution is 5.96. The molecule has 0 saturated carbocycles. The lowest BCUT2D eigenvalue weighted by atomic mass is 10.1. The number of nitrogens with one attached hydrogen (secondary N) is 3. The number of amides is 1. The Morgan fingerprint density at radius 3 is 2.10 bits per heavy atom. The number of amidine groups is 2. The summed E-state index contributed by atoms with van der Waals surface area (Å²) in [4.78, 5) is 20.7. The summed E-state index contributed by atoms with van der Waals surface area (Å²) < 4.78 is 2.12. The number of benzene rings is 5. The summed E-state index contributed by atoms with van der Waals surface area (Å²) in [7, 11) is 2.03. The van der Waals surface area contributed by atoms with Gasteiger partial charge in [-0.25, -0.2) is 4.98 Å². The fourth-order valence-corrected chi connectivity index (χ4v) is 5.95. The first-order valence-electron chi connectivity index (χ1n) is 16.1. The second-order valence-electron chi connectivity index (χ2n) is 12.1. The van der Waals surface area contributed by atoms with Crippen LogP contribution in [0.25, 0.3) is 21.8 Å². The highest BCUT2D eigenvalue weighted by Crippen LogP contribution is 2.26. The first-order valence-corrected chi connectivity index (χ1v) is 16.1. The smallest absolute Gasteiger partial charge is 0.228 e. The van der Waals surface area contributed by atoms with Gasteiger partial charge < -0.3 is 26.3 Å². The van der Waals surface area contributed by atoms with Gasteiger partial charge in [-0.1, -0.05) is 84.9 Å². The van der Waals surface area contributed by atoms with Crippen LogP contribution in [0.15, 0.2) is 109 Å². The molecule has 0 spiro atoms. The molecule has 0 aliphatic heterocycles. The van der Waals surface area contributed by atoms with Crippen LogP contribution in [0.1, 0.15) is 40.1 Å². The number of carbonyl (C=O) groups is 1. The summed E-state index contributed by atoms with van der Waals surface area (Å²) in [5, 5.41) is 20.9. The highest BCUT2D eigenvalue weighted by atomic mass is 16.2. The van der Waals surface area contributed by atoms with Crippen molar-refractivity contribution in [3.63, 3.8) is 0 Å². The number of rotatable bonds is 13. The Kier molecular flexibility index (Phi) is 9.59. The first kappa shape index (κ1) is 32.2. The van der Waals surface area contributed by atoms with E-state index in [0.29, 0.717) is 37.2 Å². The van der Waals surface area contributed by atoms with Crippen LogP contribution in [0.2, 0.25) is 0 Å². The van der Waals surface area contributed by atoms with Gasteiger partial charge >= 0.3 is 0 Å². The Morgan fingerprint density at radius 2 is 1.42 bits per heavy atom. The van der Waals surface area contributed by atoms with Crippen molar-refractivity contribution in [3.8, 4) is 0 Å². The minimum absolute atomic E-state index is 0.0205. The van der Waals surface area contributed by atoms with Gasteiger partial charge in [0.05, 0.1) is 17.6 Å². The lowest BCUT2D eigenvalue weighted by molar-refractivity contribution is -0.118. The van der Waals surface area contributed by atoms with E-state index in [-0.39, 0.29) is 17.6 Å². The van der Waals surface area contributed by atoms with Crippen molar-refractivity contribution < 1.29 is 4.79 Å². The van der Waals surface area contributed by atoms with Gasteiger partial charge in [-0.3, -0.25) is 15.6 Å². The number of hydrogen-bond donors (Lipinski definition) is 5. The molecule has 0 bridgehead atoms. The Labute approximate surface area is 280 Å². The molecule has 9 heteroatoms. The maximum Gasteiger partial charge on any atom is 0.228 e. The van der Waals surface area contributed by atoms with Crippen LogP contribution in [-0.2, 0) is 37.8 Å². The van der Waals surface area contributed by atoms with Gasteiger partial charge in [0.2, 0.25) is 5.91 Å². The van der Waals surface area contributed by atoms with Crippen molar-refractivity contribution in [2.24, 2.45) is 18.5 Å². The molecule has 1 amide bonds. The monoisotopic (exact) mass is 636 g/mol. The van der Waals surface area contributed by atoms with Gasteiger partial charge in [-0.05, 0) is 58.1 Å². The molecule has 0 aliphatic carbocycles. The number of carbonyl (C=O) groups excluding carboxylic acids is 1. The minimum Gasteiger partial charge on any atom is -0.384 e. The van der Waals surface area contributed by atoms with Gasteiger partial charge in [0, 0.05) is 49.8 Å². The molecule has 1 heterocycles. The van der Waals surface area contributed by atoms with E-state index >= 15 is 0 Å². The zero-order valence-corrected chi connectivity index (χ0v) is 27.0. The van der Waals surface area contributed by atoms with Crippen LogP contribution < -0.4 is 21.7 Å². The summed E-state index contributed by atoms with van der Waals surface area (Å²) >= 11 is 0. The molecule has 0 radical (unpaired) electrons. The number of anilines is 1. The minimum atomic E-state index is 0.0205. The molecule has 9 nitrogen and oxygen atoms in total. The fourth-order valence-electron chi connectivity index (χ4n) is 5.95. The van der Waals surface area contributed by atoms with Crippen LogP contribution in [0.3, 0.4) is 0 Å². The SMILES string of the molecule is Cn1c(CCc2ccc(C(=N)N)cc2)nc2cc(N(Cc3ccc4ccccc4c3)C(=O)CCNCc3ccc(C(=N)N)cc3)ccc21. The van der Waals surface area contributed by atoms with Crippen LogP contribution in [0, 0.1) is 10.8 Å². The molecule has 6 rings (SSSR count). The van der Waals surface area contributed by atoms with E-state index in [1.807, 2.05) is 90.8 Å². The Morgan fingerprint density at radius 1 is 0.771 bits per heavy atom. The normalized spacial score (nSPS) is 11.2. The summed E-state index contributed by atoms with van der Waals surface area (Å²) in [6, 6.07) is 36.0. The standard InChI is InChI=1S/C39H40N8O/c1-46-35-18-17-33(23-34(35)45-36(46)19-11-26-6-13-30(14-7-26)38(40)41)47(25-28-10-12-29-4-2-3-5-32(29)22-28)37(48)20-21-44-24-27-8-15-31(16-9-27)39(42)43/h2-10,12-18,22-23,44H,11,19-21,24-25H2,1H3,(H3,40,41)(H3,42,43). The number of aryl methyl sites for hydroxylation is 3. The van der Waals surface area contributed by atoms with E-state index in [9.17, 15) is 4.79 Å². The third-order valence-corrected chi connectivity index (χ3v) is 8.74. The molecule has 0 atom stereocenters. The van der Waals surface area contributed by atoms with E-state index in [1.54, 1.807) is 0 Å². The molecule has 6 aromatic rings. The highest BCUT2D eigenvalue weighted by Gasteiger charge is 2.19. The zero-order chi connectivity index (χ0) is 33.6. The molecule has 48 heavy (non-hydrogen) atoms. The molecule has 0 saturated heterocycles. The third kappa shape index (κ3) is 7.43. The first-order chi connectivity index (χ1) is 23.2. The molecular weight excluding hydrogens is 596 g/mol. The number of hydrogen-bond acceptors (Lipinski definition) is 5. The van der Waals surface area contributed by atoms with Crippen LogP contribution in [0.4, 0.5) is 5.69 Å². The number of nitrogens with zero attached hydrogens (tertiary/aromatic N) is 3. The fraction of sp³-hybridized carbons (Fsp3) is 0.179. The number of fused-ring (bicyclic) bond motifs is 2. The summed E-state index contributed by atoms with van der Waals surface area (Å²) in [6.45, 7) is 1.57. The molecule has 0 unspecified atom stereocenters. The topological polar surface area (TPSA) is 150 Å². The van der Waals surface area contributed by atoms with Crippen molar-refractivity contribution in [1.29, 1.82) is 10.8 Å². The molecule has 5 aromatic carbocycles. The van der Waals surface area contributed by atoms with Crippen LogP contribution in [0.5, 0.6) is 0 Å². The van der Waals surface area contributed by atoms with Crippen molar-refractivity contribution in [1.82, 2.24) is 14.9 Å². The van der Waals surface area contributed by atoms with Crippen molar-refractivity contribution in [2.45, 2.75) is 32.4 Å². The average Bonchev–Trinajstić information content (AvgIpc) is 3.42. The number of aromatic nitrogens is 2. The molecular formula is C39H40N8O. The van der Waals surface area contributed by atoms with E-state index < -0.39 is 0 Å². The van der Waals surface area contributed by atoms with E-state index in [4.69, 9.17) is 27.3 Å². The summed E-state index contributed by atoms with van der Waals surface area (Å²) in [6.07, 6.45) is 1.89. The molecule has 242 valence electrons. The Hall–Kier alpha value is -5.80. The third-order valence-electron chi connectivity index (χ3n) is 8.74. The van der Waals surface area contributed by atoms with E-state index in [0.717, 1.165) is 62.8 Å². The van der Waals surface area contributed by atoms with Gasteiger partial charge in [-0.2, -0.15) is 0 Å². The quantitative estimate of drug-likeness (QED) is 0.0618. The number of nitrogen functional groups attached to an aromatic ring is 2. The second kappa shape index (κ2) is 14.3. The second-order valence-corrected chi connectivity index (χ2v) is 12.1. The lowest BCUT2D eigenvalue weighted by Gasteiger charge is -2.24. The molecule has 0 fully saturated rings. The largest absolute Gasteiger partial charge is 0.384 e. The van der Waals surface area contributed by atoms with Crippen molar-refractivity contribution in [3.05, 3.63) is 143 Å². The van der Waals surface area contributed by atoms with E-state index in [2.05, 4.69) is 40.2 Å². The van der Waals surface area contributed by atoms with Crippen LogP contribution in [-0.4, -0.2) is 33.7 Å². The molecule has 0 aliphatic rings. The van der Waals surface area contributed by atoms with Gasteiger partial charge in [0.15, 0.2) is 0 Å². The Bertz CT molecular complexity index is 2100. The molecule has 1 aromatic heterocycles. The molecule has 7 N–H and O–H groups in total. The van der Waals surface area contributed by atoms with E-state index in [1.165, 1.54) is 0 Å². The van der Waals surface area contributed by atoms with Gasteiger partial charge in [0.1, 0.15) is 17.5 Å². The maximum atomic E-state index is 13.9. The predicted octanol–water partition coefficient (Wildman–Crippen LogP) is 5.79. The van der Waals surface area contributed by atoms with Crippen molar-refractivity contribution >= 4 is 45.1 Å².